The molecular weight excluding hydrogens is 339 g/mol. The van der Waals surface area contributed by atoms with Gasteiger partial charge in [0, 0.05) is 22.7 Å². The number of halogens is 2. The molecule has 1 aliphatic rings. The van der Waals surface area contributed by atoms with Crippen molar-refractivity contribution in [1.29, 1.82) is 0 Å². The minimum Gasteiger partial charge on any atom is -0.484 e. The van der Waals surface area contributed by atoms with E-state index in [1.165, 1.54) is 4.90 Å². The first-order valence-corrected chi connectivity index (χ1v) is 7.72. The van der Waals surface area contributed by atoms with Gasteiger partial charge in [0.15, 0.2) is 5.75 Å². The van der Waals surface area contributed by atoms with Crippen LogP contribution in [-0.4, -0.2) is 30.4 Å². The molecule has 1 amide bonds. The summed E-state index contributed by atoms with van der Waals surface area (Å²) in [6, 6.07) is 10.4. The molecule has 1 heterocycles. The average Bonchev–Trinajstić information content (AvgIpc) is 2.53. The zero-order valence-electron chi connectivity index (χ0n) is 12.0. The van der Waals surface area contributed by atoms with E-state index in [2.05, 4.69) is 0 Å². The minimum absolute atomic E-state index is 0.191. The topological polar surface area (TPSA) is 75.8 Å². The first-order chi connectivity index (χ1) is 11.0. The number of hydrogen-bond acceptors (Lipinski definition) is 3. The fourth-order valence-corrected chi connectivity index (χ4v) is 3.10. The zero-order chi connectivity index (χ0) is 16.6. The van der Waals surface area contributed by atoms with Crippen LogP contribution in [0, 0.1) is 0 Å². The summed E-state index contributed by atoms with van der Waals surface area (Å²) in [4.78, 5) is 12.8. The third-order valence-corrected chi connectivity index (χ3v) is 4.22. The number of benzene rings is 2. The number of carboxylic acid groups (broad SMARTS) is 1. The molecule has 2 aromatic carbocycles. The largest absolute Gasteiger partial charge is 0.484 e. The molecule has 2 aromatic rings. The third kappa shape index (κ3) is 2.95. The number of anilines is 1. The molecule has 23 heavy (non-hydrogen) atoms. The van der Waals surface area contributed by atoms with E-state index in [-0.39, 0.29) is 13.1 Å². The number of nitrogens with zero attached hydrogens (tertiary/aromatic N) is 1. The number of ether oxygens (including phenoxy) is 1. The Balaban J connectivity index is 2.17. The molecule has 0 bridgehead atoms. The summed E-state index contributed by atoms with van der Waals surface area (Å²) in [5, 5.41) is 10.4. The van der Waals surface area contributed by atoms with Crippen LogP contribution in [0.5, 0.6) is 5.75 Å². The van der Waals surface area contributed by atoms with Crippen molar-refractivity contribution in [1.82, 2.24) is 0 Å². The van der Waals surface area contributed by atoms with Gasteiger partial charge in [0.25, 0.3) is 0 Å². The van der Waals surface area contributed by atoms with Gasteiger partial charge in [0.1, 0.15) is 6.10 Å². The lowest BCUT2D eigenvalue weighted by atomic mass is 10.0. The Hall–Kier alpha value is -1.95. The standard InChI is InChI=1S/C16H14Cl2N2O3/c17-9-4-5-11(13(18)6-9)12-2-1-3-14-15(12)23-10(7-19)8-20(14)16(21)22/h1-6,10H,7-8,19H2,(H,21,22)/t10-/m1/s1. The zero-order valence-corrected chi connectivity index (χ0v) is 13.5. The van der Waals surface area contributed by atoms with E-state index in [1.54, 1.807) is 30.3 Å². The highest BCUT2D eigenvalue weighted by Gasteiger charge is 2.31. The molecule has 0 fully saturated rings. The maximum atomic E-state index is 11.5. The summed E-state index contributed by atoms with van der Waals surface area (Å²) in [6.07, 6.45) is -1.46. The predicted octanol–water partition coefficient (Wildman–Crippen LogP) is 3.86. The summed E-state index contributed by atoms with van der Waals surface area (Å²) in [5.41, 5.74) is 7.57. The van der Waals surface area contributed by atoms with Gasteiger partial charge in [-0.3, -0.25) is 4.90 Å². The second-order valence-corrected chi connectivity index (χ2v) is 5.99. The Labute approximate surface area is 143 Å². The van der Waals surface area contributed by atoms with Crippen molar-refractivity contribution in [3.63, 3.8) is 0 Å². The van der Waals surface area contributed by atoms with Gasteiger partial charge < -0.3 is 15.6 Å². The van der Waals surface area contributed by atoms with Crippen molar-refractivity contribution in [2.45, 2.75) is 6.10 Å². The van der Waals surface area contributed by atoms with Crippen LogP contribution in [0.3, 0.4) is 0 Å². The molecule has 0 aromatic heterocycles. The van der Waals surface area contributed by atoms with Gasteiger partial charge in [-0.1, -0.05) is 41.4 Å². The third-order valence-electron chi connectivity index (χ3n) is 3.67. The summed E-state index contributed by atoms with van der Waals surface area (Å²) in [5.74, 6) is 0.459. The highest BCUT2D eigenvalue weighted by Crippen LogP contribution is 2.44. The average molecular weight is 353 g/mol. The Kier molecular flexibility index (Phi) is 4.35. The Morgan fingerprint density at radius 1 is 1.30 bits per heavy atom. The molecule has 3 N–H and O–H groups in total. The van der Waals surface area contributed by atoms with Crippen LogP contribution in [0.4, 0.5) is 10.5 Å². The summed E-state index contributed by atoms with van der Waals surface area (Å²) >= 11 is 12.2. The van der Waals surface area contributed by atoms with Crippen LogP contribution < -0.4 is 15.4 Å². The van der Waals surface area contributed by atoms with Crippen molar-refractivity contribution in [2.75, 3.05) is 18.0 Å². The lowest BCUT2D eigenvalue weighted by molar-refractivity contribution is 0.177. The van der Waals surface area contributed by atoms with E-state index >= 15 is 0 Å². The van der Waals surface area contributed by atoms with Gasteiger partial charge in [0.2, 0.25) is 0 Å². The van der Waals surface area contributed by atoms with Crippen LogP contribution in [0.25, 0.3) is 11.1 Å². The molecule has 3 rings (SSSR count). The Bertz CT molecular complexity index is 767. The molecule has 0 spiro atoms. The van der Waals surface area contributed by atoms with Crippen molar-refractivity contribution in [3.05, 3.63) is 46.4 Å². The van der Waals surface area contributed by atoms with E-state index in [0.717, 1.165) is 5.56 Å². The maximum absolute atomic E-state index is 11.5. The number of rotatable bonds is 2. The summed E-state index contributed by atoms with van der Waals surface area (Å²) in [6.45, 7) is 0.405. The number of para-hydroxylation sites is 1. The van der Waals surface area contributed by atoms with Crippen LogP contribution in [-0.2, 0) is 0 Å². The second-order valence-electron chi connectivity index (χ2n) is 5.15. The predicted molar refractivity (Wildman–Crippen MR) is 90.7 cm³/mol. The fraction of sp³-hybridized carbons (Fsp3) is 0.188. The molecule has 120 valence electrons. The number of fused-ring (bicyclic) bond motifs is 1. The molecule has 1 aliphatic heterocycles. The first-order valence-electron chi connectivity index (χ1n) is 6.97. The highest BCUT2D eigenvalue weighted by molar-refractivity contribution is 6.36. The number of hydrogen-bond donors (Lipinski definition) is 2. The minimum atomic E-state index is -1.05. The molecule has 0 radical (unpaired) electrons. The molecule has 0 saturated heterocycles. The molecule has 7 heteroatoms. The van der Waals surface area contributed by atoms with Crippen LogP contribution in [0.15, 0.2) is 36.4 Å². The van der Waals surface area contributed by atoms with Gasteiger partial charge >= 0.3 is 6.09 Å². The van der Waals surface area contributed by atoms with E-state index in [0.29, 0.717) is 27.0 Å². The number of amides is 1. The molecule has 0 saturated carbocycles. The first kappa shape index (κ1) is 15.9. The number of carbonyl (C=O) groups is 1. The monoisotopic (exact) mass is 352 g/mol. The van der Waals surface area contributed by atoms with E-state index in [4.69, 9.17) is 33.7 Å². The van der Waals surface area contributed by atoms with Crippen molar-refractivity contribution in [2.24, 2.45) is 5.73 Å². The summed E-state index contributed by atoms with van der Waals surface area (Å²) in [7, 11) is 0. The molecule has 0 aliphatic carbocycles. The van der Waals surface area contributed by atoms with E-state index < -0.39 is 12.2 Å². The molecule has 1 atom stereocenters. The smallest absolute Gasteiger partial charge is 0.412 e. The maximum Gasteiger partial charge on any atom is 0.412 e. The summed E-state index contributed by atoms with van der Waals surface area (Å²) < 4.78 is 5.91. The van der Waals surface area contributed by atoms with Gasteiger partial charge in [-0.2, -0.15) is 0 Å². The number of nitrogens with two attached hydrogens (primary N) is 1. The van der Waals surface area contributed by atoms with Crippen LogP contribution in [0.1, 0.15) is 0 Å². The van der Waals surface area contributed by atoms with Crippen LogP contribution >= 0.6 is 23.2 Å². The van der Waals surface area contributed by atoms with Crippen LogP contribution in [0.2, 0.25) is 10.0 Å². The van der Waals surface area contributed by atoms with Gasteiger partial charge in [-0.25, -0.2) is 4.79 Å². The Morgan fingerprint density at radius 2 is 2.09 bits per heavy atom. The Morgan fingerprint density at radius 3 is 2.74 bits per heavy atom. The van der Waals surface area contributed by atoms with Crippen molar-refractivity contribution in [3.8, 4) is 16.9 Å². The molecule has 0 unspecified atom stereocenters. The lowest BCUT2D eigenvalue weighted by Gasteiger charge is -2.34. The van der Waals surface area contributed by atoms with Crippen molar-refractivity contribution < 1.29 is 14.6 Å². The second kappa shape index (κ2) is 6.28. The quantitative estimate of drug-likeness (QED) is 0.860. The molecular formula is C16H14Cl2N2O3. The van der Waals surface area contributed by atoms with E-state index in [9.17, 15) is 9.90 Å². The normalized spacial score (nSPS) is 16.7. The van der Waals surface area contributed by atoms with Crippen molar-refractivity contribution >= 4 is 35.0 Å². The SMILES string of the molecule is NC[C@@H]1CN(C(=O)O)c2cccc(-c3ccc(Cl)cc3Cl)c2O1. The fourth-order valence-electron chi connectivity index (χ4n) is 2.59. The molecule has 5 nitrogen and oxygen atoms in total. The van der Waals surface area contributed by atoms with E-state index in [1.807, 2.05) is 6.07 Å². The van der Waals surface area contributed by atoms with Gasteiger partial charge in [0.05, 0.1) is 17.3 Å². The van der Waals surface area contributed by atoms with Gasteiger partial charge in [-0.05, 0) is 18.2 Å². The van der Waals surface area contributed by atoms with Gasteiger partial charge in [-0.15, -0.1) is 0 Å². The lowest BCUT2D eigenvalue weighted by Crippen LogP contribution is -2.46. The highest BCUT2D eigenvalue weighted by atomic mass is 35.5.